The number of likely N-dealkylation sites (tertiary alicyclic amines) is 1. The minimum Gasteiger partial charge on any atom is -0.393 e. The normalized spacial score (nSPS) is 16.0. The van der Waals surface area contributed by atoms with Gasteiger partial charge in [0.1, 0.15) is 0 Å². The highest BCUT2D eigenvalue weighted by molar-refractivity contribution is 6.39. The number of aliphatic hydroxyl groups excluding tert-OH is 1. The van der Waals surface area contributed by atoms with Gasteiger partial charge in [0.15, 0.2) is 11.6 Å². The third kappa shape index (κ3) is 5.24. The third-order valence-corrected chi connectivity index (χ3v) is 3.90. The molecule has 1 aliphatic rings. The highest BCUT2D eigenvalue weighted by Crippen LogP contribution is 2.16. The Hall–Kier alpha value is -2.06. The van der Waals surface area contributed by atoms with Gasteiger partial charge in [-0.25, -0.2) is 8.78 Å². The van der Waals surface area contributed by atoms with Gasteiger partial charge in [-0.15, -0.1) is 0 Å². The number of rotatable bonds is 5. The van der Waals surface area contributed by atoms with Crippen molar-refractivity contribution >= 4 is 17.5 Å². The second-order valence-corrected chi connectivity index (χ2v) is 5.74. The molecule has 1 aromatic rings. The first-order chi connectivity index (χ1) is 11.5. The molecule has 3 N–H and O–H groups in total. The quantitative estimate of drug-likeness (QED) is 0.548. The van der Waals surface area contributed by atoms with E-state index in [1.807, 2.05) is 5.32 Å². The van der Waals surface area contributed by atoms with Crippen LogP contribution < -0.4 is 10.6 Å². The van der Waals surface area contributed by atoms with Crippen molar-refractivity contribution in [3.8, 4) is 0 Å². The van der Waals surface area contributed by atoms with Crippen molar-refractivity contribution in [1.29, 1.82) is 0 Å². The van der Waals surface area contributed by atoms with Crippen molar-refractivity contribution in [2.45, 2.75) is 25.4 Å². The fourth-order valence-corrected chi connectivity index (χ4v) is 2.51. The molecule has 2 rings (SSSR count). The number of halogens is 2. The van der Waals surface area contributed by atoms with Gasteiger partial charge in [0.25, 0.3) is 0 Å². The topological polar surface area (TPSA) is 81.7 Å². The first-order valence-corrected chi connectivity index (χ1v) is 7.91. The molecule has 0 bridgehead atoms. The molecule has 1 saturated heterocycles. The summed E-state index contributed by atoms with van der Waals surface area (Å²) in [6.07, 6.45) is 1.92. The van der Waals surface area contributed by atoms with Gasteiger partial charge in [0, 0.05) is 19.6 Å². The van der Waals surface area contributed by atoms with Crippen LogP contribution in [0.2, 0.25) is 0 Å². The summed E-state index contributed by atoms with van der Waals surface area (Å²) in [5.74, 6) is -4.24. The zero-order chi connectivity index (χ0) is 17.5. The molecule has 132 valence electrons. The number of piperidine rings is 1. The summed E-state index contributed by atoms with van der Waals surface area (Å²) in [6, 6.07) is 3.33. The van der Waals surface area contributed by atoms with Gasteiger partial charge in [0.2, 0.25) is 0 Å². The van der Waals surface area contributed by atoms with Gasteiger partial charge in [-0.2, -0.15) is 0 Å². The van der Waals surface area contributed by atoms with Gasteiger partial charge in [-0.3, -0.25) is 9.59 Å². The molecule has 0 atom stereocenters. The summed E-state index contributed by atoms with van der Waals surface area (Å²) in [6.45, 7) is 2.69. The Kier molecular flexibility index (Phi) is 6.62. The van der Waals surface area contributed by atoms with E-state index in [0.717, 1.165) is 38.5 Å². The monoisotopic (exact) mass is 341 g/mol. The Morgan fingerprint density at radius 1 is 1.21 bits per heavy atom. The predicted molar refractivity (Wildman–Crippen MR) is 84.3 cm³/mol. The molecule has 1 fully saturated rings. The lowest BCUT2D eigenvalue weighted by Gasteiger charge is -2.29. The van der Waals surface area contributed by atoms with Crippen molar-refractivity contribution in [2.24, 2.45) is 0 Å². The second kappa shape index (κ2) is 8.70. The number of benzene rings is 1. The molecular weight excluding hydrogens is 320 g/mol. The molecule has 0 spiro atoms. The van der Waals surface area contributed by atoms with Crippen LogP contribution in [0.15, 0.2) is 18.2 Å². The minimum absolute atomic E-state index is 0.229. The molecule has 0 radical (unpaired) electrons. The lowest BCUT2D eigenvalue weighted by molar-refractivity contribution is -0.136. The Bertz CT molecular complexity index is 590. The van der Waals surface area contributed by atoms with Gasteiger partial charge in [-0.1, -0.05) is 6.07 Å². The van der Waals surface area contributed by atoms with Crippen LogP contribution in [-0.4, -0.2) is 54.1 Å². The van der Waals surface area contributed by atoms with Crippen LogP contribution >= 0.6 is 0 Å². The minimum atomic E-state index is -1.20. The summed E-state index contributed by atoms with van der Waals surface area (Å²) < 4.78 is 26.5. The Labute approximate surface area is 138 Å². The molecule has 0 aromatic heterocycles. The maximum Gasteiger partial charge on any atom is 0.313 e. The number of amides is 2. The van der Waals surface area contributed by atoms with Crippen molar-refractivity contribution < 1.29 is 23.5 Å². The molecule has 0 saturated carbocycles. The number of hydrogen-bond acceptors (Lipinski definition) is 4. The SMILES string of the molecule is O=C(NCCCN1CCC(O)CC1)C(=O)Nc1cccc(F)c1F. The van der Waals surface area contributed by atoms with Gasteiger partial charge >= 0.3 is 11.8 Å². The molecule has 6 nitrogen and oxygen atoms in total. The van der Waals surface area contributed by atoms with Gasteiger partial charge in [-0.05, 0) is 37.9 Å². The molecule has 2 amide bonds. The summed E-state index contributed by atoms with van der Waals surface area (Å²) in [5.41, 5.74) is -0.373. The summed E-state index contributed by atoms with van der Waals surface area (Å²) in [5, 5.41) is 13.9. The number of anilines is 1. The zero-order valence-electron chi connectivity index (χ0n) is 13.2. The van der Waals surface area contributed by atoms with Crippen molar-refractivity contribution in [3.05, 3.63) is 29.8 Å². The lowest BCUT2D eigenvalue weighted by Crippen LogP contribution is -2.39. The van der Waals surface area contributed by atoms with Crippen LogP contribution in [0, 0.1) is 11.6 Å². The third-order valence-electron chi connectivity index (χ3n) is 3.90. The van der Waals surface area contributed by atoms with E-state index >= 15 is 0 Å². The van der Waals surface area contributed by atoms with Crippen LogP contribution in [0.25, 0.3) is 0 Å². The van der Waals surface area contributed by atoms with E-state index in [1.54, 1.807) is 0 Å². The van der Waals surface area contributed by atoms with E-state index in [9.17, 15) is 23.5 Å². The average Bonchev–Trinajstić information content (AvgIpc) is 2.57. The van der Waals surface area contributed by atoms with Crippen LogP contribution in [0.5, 0.6) is 0 Å². The summed E-state index contributed by atoms with van der Waals surface area (Å²) >= 11 is 0. The molecule has 1 heterocycles. The lowest BCUT2D eigenvalue weighted by atomic mass is 10.1. The smallest absolute Gasteiger partial charge is 0.313 e. The molecule has 1 aromatic carbocycles. The number of carbonyl (C=O) groups is 2. The van der Waals surface area contributed by atoms with Crippen molar-refractivity contribution in [1.82, 2.24) is 10.2 Å². The highest BCUT2D eigenvalue weighted by atomic mass is 19.2. The number of carbonyl (C=O) groups excluding carboxylic acids is 2. The van der Waals surface area contributed by atoms with Gasteiger partial charge in [0.05, 0.1) is 11.8 Å². The second-order valence-electron chi connectivity index (χ2n) is 5.74. The first kappa shape index (κ1) is 18.3. The summed E-state index contributed by atoms with van der Waals surface area (Å²) in [4.78, 5) is 25.5. The van der Waals surface area contributed by atoms with Gasteiger partial charge < -0.3 is 20.6 Å². The molecule has 8 heteroatoms. The molecule has 1 aliphatic heterocycles. The number of hydrogen-bond donors (Lipinski definition) is 3. The van der Waals surface area contributed by atoms with E-state index < -0.39 is 23.4 Å². The van der Waals surface area contributed by atoms with Crippen LogP contribution in [0.1, 0.15) is 19.3 Å². The largest absolute Gasteiger partial charge is 0.393 e. The fraction of sp³-hybridized carbons (Fsp3) is 0.500. The Morgan fingerprint density at radius 2 is 1.92 bits per heavy atom. The Balaban J connectivity index is 1.68. The first-order valence-electron chi connectivity index (χ1n) is 7.91. The standard InChI is InChI=1S/C16H21F2N3O3/c17-12-3-1-4-13(14(12)18)20-16(24)15(23)19-7-2-8-21-9-5-11(22)6-10-21/h1,3-4,11,22H,2,5-10H2,(H,19,23)(H,20,24). The summed E-state index contributed by atoms with van der Waals surface area (Å²) in [7, 11) is 0. The number of nitrogens with zero attached hydrogens (tertiary/aromatic N) is 1. The van der Waals surface area contributed by atoms with E-state index in [1.165, 1.54) is 12.1 Å². The molecule has 0 aliphatic carbocycles. The number of aliphatic hydroxyl groups is 1. The Morgan fingerprint density at radius 3 is 2.62 bits per heavy atom. The molecule has 24 heavy (non-hydrogen) atoms. The highest BCUT2D eigenvalue weighted by Gasteiger charge is 2.18. The maximum atomic E-state index is 13.4. The molecule has 0 unspecified atom stereocenters. The molecular formula is C16H21F2N3O3. The van der Waals surface area contributed by atoms with Crippen LogP contribution in [0.4, 0.5) is 14.5 Å². The average molecular weight is 341 g/mol. The number of nitrogens with one attached hydrogen (secondary N) is 2. The van der Waals surface area contributed by atoms with E-state index in [2.05, 4.69) is 10.2 Å². The van der Waals surface area contributed by atoms with Crippen LogP contribution in [0.3, 0.4) is 0 Å². The maximum absolute atomic E-state index is 13.4. The van der Waals surface area contributed by atoms with Crippen LogP contribution in [-0.2, 0) is 9.59 Å². The van der Waals surface area contributed by atoms with E-state index in [4.69, 9.17) is 0 Å². The van der Waals surface area contributed by atoms with E-state index in [-0.39, 0.29) is 11.8 Å². The fourth-order valence-electron chi connectivity index (χ4n) is 2.51. The van der Waals surface area contributed by atoms with Crippen molar-refractivity contribution in [2.75, 3.05) is 31.5 Å². The zero-order valence-corrected chi connectivity index (χ0v) is 13.2. The predicted octanol–water partition coefficient (Wildman–Crippen LogP) is 0.866. The van der Waals surface area contributed by atoms with E-state index in [0.29, 0.717) is 13.0 Å². The van der Waals surface area contributed by atoms with Crippen molar-refractivity contribution in [3.63, 3.8) is 0 Å².